The Kier molecular flexibility index (Phi) is 6.71. The lowest BCUT2D eigenvalue weighted by Crippen LogP contribution is -2.40. The zero-order valence-electron chi connectivity index (χ0n) is 15.1. The van der Waals surface area contributed by atoms with E-state index in [4.69, 9.17) is 4.43 Å². The van der Waals surface area contributed by atoms with E-state index in [9.17, 15) is 9.59 Å². The molecule has 0 aliphatic rings. The average molecular weight is 337 g/mol. The summed E-state index contributed by atoms with van der Waals surface area (Å²) in [6, 6.07) is 7.79. The van der Waals surface area contributed by atoms with E-state index in [2.05, 4.69) is 38.6 Å². The number of esters is 1. The molecule has 0 aliphatic carbocycles. The fourth-order valence-electron chi connectivity index (χ4n) is 1.76. The van der Waals surface area contributed by atoms with E-state index in [-0.39, 0.29) is 23.7 Å². The van der Waals surface area contributed by atoms with E-state index in [1.807, 2.05) is 24.3 Å². The Morgan fingerprint density at radius 2 is 1.57 bits per heavy atom. The molecule has 1 aromatic carbocycles. The minimum absolute atomic E-state index is 0.137. The molecule has 0 unspecified atom stereocenters. The standard InChI is InChI=1S/C18H28O4Si/c1-18(2,3)23(5,6)22-13-15-9-7-14(8-10-15)11-16(19)12-17(20)21-4/h7-10H,11-13H2,1-6H3. The van der Waals surface area contributed by atoms with Crippen molar-refractivity contribution in [3.63, 3.8) is 0 Å². The maximum atomic E-state index is 11.7. The van der Waals surface area contributed by atoms with E-state index >= 15 is 0 Å². The molecule has 4 nitrogen and oxygen atoms in total. The topological polar surface area (TPSA) is 52.6 Å². The predicted molar refractivity (Wildman–Crippen MR) is 93.8 cm³/mol. The first-order valence-corrected chi connectivity index (χ1v) is 10.8. The molecule has 128 valence electrons. The quantitative estimate of drug-likeness (QED) is 0.431. The van der Waals surface area contributed by atoms with Crippen molar-refractivity contribution in [1.29, 1.82) is 0 Å². The van der Waals surface area contributed by atoms with Crippen LogP contribution in [0.25, 0.3) is 0 Å². The third kappa shape index (κ3) is 6.27. The van der Waals surface area contributed by atoms with Gasteiger partial charge in [-0.1, -0.05) is 45.0 Å². The van der Waals surface area contributed by atoms with Gasteiger partial charge < -0.3 is 9.16 Å². The van der Waals surface area contributed by atoms with Gasteiger partial charge in [-0.25, -0.2) is 0 Å². The van der Waals surface area contributed by atoms with Gasteiger partial charge in [0.2, 0.25) is 0 Å². The molecule has 0 N–H and O–H groups in total. The lowest BCUT2D eigenvalue weighted by molar-refractivity contribution is -0.143. The van der Waals surface area contributed by atoms with Crippen LogP contribution in [0.1, 0.15) is 38.3 Å². The number of benzene rings is 1. The van der Waals surface area contributed by atoms with Crippen LogP contribution >= 0.6 is 0 Å². The van der Waals surface area contributed by atoms with Crippen molar-refractivity contribution in [2.45, 2.75) is 58.4 Å². The second-order valence-corrected chi connectivity index (χ2v) is 12.1. The lowest BCUT2D eigenvalue weighted by atomic mass is 10.1. The zero-order valence-corrected chi connectivity index (χ0v) is 16.1. The summed E-state index contributed by atoms with van der Waals surface area (Å²) < 4.78 is 10.7. The van der Waals surface area contributed by atoms with Crippen LogP contribution in [0.4, 0.5) is 0 Å². The van der Waals surface area contributed by atoms with Crippen LogP contribution in [0.5, 0.6) is 0 Å². The van der Waals surface area contributed by atoms with Crippen molar-refractivity contribution in [1.82, 2.24) is 0 Å². The highest BCUT2D eigenvalue weighted by Crippen LogP contribution is 2.37. The van der Waals surface area contributed by atoms with Gasteiger partial charge in [0.1, 0.15) is 12.2 Å². The first kappa shape index (κ1) is 19.6. The Balaban J connectivity index is 2.57. The summed E-state index contributed by atoms with van der Waals surface area (Å²) in [5.74, 6) is -0.628. The monoisotopic (exact) mass is 336 g/mol. The molecule has 0 saturated carbocycles. The van der Waals surface area contributed by atoms with Gasteiger partial charge in [-0.15, -0.1) is 0 Å². The Hall–Kier alpha value is -1.46. The first-order valence-electron chi connectivity index (χ1n) is 7.85. The Labute approximate surface area is 140 Å². The van der Waals surface area contributed by atoms with Crippen LogP contribution in [0.15, 0.2) is 24.3 Å². The van der Waals surface area contributed by atoms with E-state index in [1.165, 1.54) is 7.11 Å². The molecule has 0 aromatic heterocycles. The molecule has 0 amide bonds. The summed E-state index contributed by atoms with van der Waals surface area (Å²) in [6.45, 7) is 11.7. The van der Waals surface area contributed by atoms with Crippen LogP contribution in [0, 0.1) is 0 Å². The number of carbonyl (C=O) groups excluding carboxylic acids is 2. The van der Waals surface area contributed by atoms with Crippen molar-refractivity contribution in [3.05, 3.63) is 35.4 Å². The molecule has 0 atom stereocenters. The van der Waals surface area contributed by atoms with E-state index in [0.29, 0.717) is 6.61 Å². The molecule has 0 heterocycles. The van der Waals surface area contributed by atoms with Gasteiger partial charge in [-0.2, -0.15) is 0 Å². The number of ether oxygens (including phenoxy) is 1. The van der Waals surface area contributed by atoms with Gasteiger partial charge in [-0.05, 0) is 29.3 Å². The van der Waals surface area contributed by atoms with Crippen LogP contribution in [-0.4, -0.2) is 27.2 Å². The Morgan fingerprint density at radius 3 is 2.04 bits per heavy atom. The van der Waals surface area contributed by atoms with Gasteiger partial charge in [0.25, 0.3) is 0 Å². The molecule has 5 heteroatoms. The largest absolute Gasteiger partial charge is 0.469 e. The van der Waals surface area contributed by atoms with Crippen LogP contribution < -0.4 is 0 Å². The fraction of sp³-hybridized carbons (Fsp3) is 0.556. The molecule has 0 radical (unpaired) electrons. The summed E-state index contributed by atoms with van der Waals surface area (Å²) in [7, 11) is -0.471. The van der Waals surface area contributed by atoms with Gasteiger partial charge in [-0.3, -0.25) is 9.59 Å². The second kappa shape index (κ2) is 7.88. The van der Waals surface area contributed by atoms with Crippen LogP contribution in [-0.2, 0) is 31.8 Å². The average Bonchev–Trinajstić information content (AvgIpc) is 2.45. The van der Waals surface area contributed by atoms with Gasteiger partial charge >= 0.3 is 5.97 Å². The summed E-state index contributed by atoms with van der Waals surface area (Å²) >= 11 is 0. The van der Waals surface area contributed by atoms with E-state index < -0.39 is 14.3 Å². The van der Waals surface area contributed by atoms with Crippen molar-refractivity contribution in [2.75, 3.05) is 7.11 Å². The zero-order chi connectivity index (χ0) is 17.7. The number of ketones is 1. The van der Waals surface area contributed by atoms with Crippen molar-refractivity contribution < 1.29 is 18.8 Å². The third-order valence-electron chi connectivity index (χ3n) is 4.40. The van der Waals surface area contributed by atoms with E-state index in [0.717, 1.165) is 11.1 Å². The molecule has 0 saturated heterocycles. The minimum Gasteiger partial charge on any atom is -0.469 e. The lowest BCUT2D eigenvalue weighted by Gasteiger charge is -2.36. The first-order chi connectivity index (χ1) is 10.5. The molecule has 0 bridgehead atoms. The number of Topliss-reactive ketones (excluding diaryl/α,β-unsaturated/α-hetero) is 1. The maximum absolute atomic E-state index is 11.7. The molecule has 0 aliphatic heterocycles. The Morgan fingerprint density at radius 1 is 1.04 bits per heavy atom. The van der Waals surface area contributed by atoms with E-state index in [1.54, 1.807) is 0 Å². The molecule has 23 heavy (non-hydrogen) atoms. The van der Waals surface area contributed by atoms with Crippen molar-refractivity contribution in [3.8, 4) is 0 Å². The number of rotatable bonds is 7. The molecule has 1 rings (SSSR count). The molecule has 1 aromatic rings. The van der Waals surface area contributed by atoms with Crippen molar-refractivity contribution in [2.24, 2.45) is 0 Å². The second-order valence-electron chi connectivity index (χ2n) is 7.33. The third-order valence-corrected chi connectivity index (χ3v) is 8.88. The minimum atomic E-state index is -1.76. The highest BCUT2D eigenvalue weighted by molar-refractivity contribution is 6.74. The number of hydrogen-bond acceptors (Lipinski definition) is 4. The molecular weight excluding hydrogens is 308 g/mol. The highest BCUT2D eigenvalue weighted by Gasteiger charge is 2.36. The van der Waals surface area contributed by atoms with Crippen LogP contribution in [0.2, 0.25) is 18.1 Å². The highest BCUT2D eigenvalue weighted by atomic mass is 28.4. The van der Waals surface area contributed by atoms with Crippen molar-refractivity contribution >= 4 is 20.1 Å². The van der Waals surface area contributed by atoms with Crippen LogP contribution in [0.3, 0.4) is 0 Å². The molecule has 0 spiro atoms. The SMILES string of the molecule is COC(=O)CC(=O)Cc1ccc(CO[Si](C)(C)C(C)(C)C)cc1. The summed E-state index contributed by atoms with van der Waals surface area (Å²) in [5.41, 5.74) is 1.99. The summed E-state index contributed by atoms with van der Waals surface area (Å²) in [6.07, 6.45) is 0.0746. The number of hydrogen-bond donors (Lipinski definition) is 0. The predicted octanol–water partition coefficient (Wildman–Crippen LogP) is 3.88. The fourth-order valence-corrected chi connectivity index (χ4v) is 2.72. The normalized spacial score (nSPS) is 12.1. The van der Waals surface area contributed by atoms with Gasteiger partial charge in [0.15, 0.2) is 8.32 Å². The summed E-state index contributed by atoms with van der Waals surface area (Å²) in [5, 5.41) is 0.188. The number of carbonyl (C=O) groups is 2. The smallest absolute Gasteiger partial charge is 0.313 e. The Bertz CT molecular complexity index is 541. The molecular formula is C18H28O4Si. The van der Waals surface area contributed by atoms with Gasteiger partial charge in [0.05, 0.1) is 13.7 Å². The summed E-state index contributed by atoms with van der Waals surface area (Å²) in [4.78, 5) is 22.8. The molecule has 0 fully saturated rings. The maximum Gasteiger partial charge on any atom is 0.313 e. The number of methoxy groups -OCH3 is 1. The van der Waals surface area contributed by atoms with Gasteiger partial charge in [0, 0.05) is 6.42 Å².